The van der Waals surface area contributed by atoms with Crippen LogP contribution in [0.4, 0.5) is 0 Å². The molecule has 34 heavy (non-hydrogen) atoms. The Labute approximate surface area is 196 Å². The molecule has 0 aliphatic rings. The third kappa shape index (κ3) is 6.83. The fourth-order valence-electron chi connectivity index (χ4n) is 3.57. The van der Waals surface area contributed by atoms with Gasteiger partial charge in [-0.05, 0) is 30.7 Å². The lowest BCUT2D eigenvalue weighted by Crippen LogP contribution is -2.87. The fraction of sp³-hybridized carbons (Fsp3) is 0.417. The van der Waals surface area contributed by atoms with Crippen LogP contribution >= 0.6 is 0 Å². The second kappa shape index (κ2) is 13.1. The third-order valence-electron chi connectivity index (χ3n) is 5.39. The van der Waals surface area contributed by atoms with Crippen LogP contribution in [0, 0.1) is 0 Å². The number of para-hydroxylation sites is 2. The number of rotatable bonds is 10. The monoisotopic (exact) mass is 476 g/mol. The number of pyridine rings is 1. The molecule has 7 N–H and O–H groups in total. The van der Waals surface area contributed by atoms with Crippen LogP contribution in [0.1, 0.15) is 13.3 Å². The Kier molecular flexibility index (Phi) is 10.6. The van der Waals surface area contributed by atoms with Crippen molar-refractivity contribution in [3.8, 4) is 0 Å². The van der Waals surface area contributed by atoms with Crippen molar-refractivity contribution in [2.75, 3.05) is 19.7 Å². The first kappa shape index (κ1) is 27.4. The number of aliphatic carboxylic acids is 1. The minimum atomic E-state index is -1.53. The number of carbonyl (C=O) groups is 1. The minimum absolute atomic E-state index is 0.0826. The lowest BCUT2D eigenvalue weighted by Gasteiger charge is -2.24. The van der Waals surface area contributed by atoms with Crippen molar-refractivity contribution in [2.45, 2.75) is 44.3 Å². The van der Waals surface area contributed by atoms with E-state index in [0.717, 1.165) is 13.0 Å². The summed E-state index contributed by atoms with van der Waals surface area (Å²) < 4.78 is 1.60. The van der Waals surface area contributed by atoms with E-state index in [-0.39, 0.29) is 18.5 Å². The number of carboxylic acid groups (broad SMARTS) is 1. The van der Waals surface area contributed by atoms with Gasteiger partial charge in [0, 0.05) is 10.8 Å². The average Bonchev–Trinajstić information content (AvgIpc) is 2.85. The zero-order chi connectivity index (χ0) is 25.3. The Morgan fingerprint density at radius 2 is 1.44 bits per heavy atom. The molecule has 10 nitrogen and oxygen atoms in total. The SMILES string of the molecule is CCC[NH2+]C[C@@H](O)[C@@H](O)[C@H](O)[C@H](O)CO.O=C([O-])Cn1c2ccccc2c(=O)c2ccccc21. The van der Waals surface area contributed by atoms with Crippen molar-refractivity contribution in [3.63, 3.8) is 0 Å². The second-order valence-corrected chi connectivity index (χ2v) is 7.93. The van der Waals surface area contributed by atoms with Crippen molar-refractivity contribution in [1.29, 1.82) is 0 Å². The summed E-state index contributed by atoms with van der Waals surface area (Å²) in [5.74, 6) is -1.18. The zero-order valence-electron chi connectivity index (χ0n) is 18.9. The molecule has 0 amide bonds. The number of aliphatic hydroxyl groups excluding tert-OH is 5. The van der Waals surface area contributed by atoms with E-state index in [0.29, 0.717) is 21.8 Å². The molecule has 0 fully saturated rings. The Hall–Kier alpha value is -2.86. The summed E-state index contributed by atoms with van der Waals surface area (Å²) >= 11 is 0. The summed E-state index contributed by atoms with van der Waals surface area (Å²) in [7, 11) is 0. The molecule has 3 aromatic rings. The van der Waals surface area contributed by atoms with Crippen LogP contribution in [0.3, 0.4) is 0 Å². The molecule has 10 heteroatoms. The van der Waals surface area contributed by atoms with Gasteiger partial charge in [0.25, 0.3) is 0 Å². The Bertz CT molecular complexity index is 1070. The molecule has 0 aliphatic carbocycles. The molecule has 4 atom stereocenters. The molecule has 2 aromatic carbocycles. The molecule has 0 bridgehead atoms. The molecule has 0 unspecified atom stereocenters. The van der Waals surface area contributed by atoms with Crippen LogP contribution in [-0.2, 0) is 11.3 Å². The first-order valence-corrected chi connectivity index (χ1v) is 11.1. The average molecular weight is 477 g/mol. The largest absolute Gasteiger partial charge is 0.548 e. The summed E-state index contributed by atoms with van der Waals surface area (Å²) in [6.07, 6.45) is -4.57. The van der Waals surface area contributed by atoms with Gasteiger partial charge in [0.2, 0.25) is 0 Å². The van der Waals surface area contributed by atoms with Crippen molar-refractivity contribution in [2.24, 2.45) is 0 Å². The van der Waals surface area contributed by atoms with Gasteiger partial charge < -0.3 is 45.3 Å². The first-order valence-electron chi connectivity index (χ1n) is 11.1. The number of fused-ring (bicyclic) bond motifs is 2. The lowest BCUT2D eigenvalue weighted by molar-refractivity contribution is -0.662. The van der Waals surface area contributed by atoms with E-state index >= 15 is 0 Å². The third-order valence-corrected chi connectivity index (χ3v) is 5.39. The molecule has 0 radical (unpaired) electrons. The predicted molar refractivity (Wildman–Crippen MR) is 124 cm³/mol. The highest BCUT2D eigenvalue weighted by molar-refractivity contribution is 5.94. The molecule has 1 heterocycles. The summed E-state index contributed by atoms with van der Waals surface area (Å²) in [5, 5.41) is 59.5. The molecule has 186 valence electrons. The lowest BCUT2D eigenvalue weighted by atomic mass is 10.0. The molecule has 3 rings (SSSR count). The van der Waals surface area contributed by atoms with Crippen LogP contribution in [0.2, 0.25) is 0 Å². The van der Waals surface area contributed by atoms with E-state index in [1.165, 1.54) is 0 Å². The van der Waals surface area contributed by atoms with Crippen LogP contribution in [0.25, 0.3) is 21.8 Å². The maximum absolute atomic E-state index is 12.3. The van der Waals surface area contributed by atoms with E-state index < -0.39 is 37.0 Å². The van der Waals surface area contributed by atoms with Crippen molar-refractivity contribution >= 4 is 27.8 Å². The van der Waals surface area contributed by atoms with Gasteiger partial charge in [0.1, 0.15) is 31.0 Å². The number of nitrogens with zero attached hydrogens (tertiary/aromatic N) is 1. The second-order valence-electron chi connectivity index (χ2n) is 7.93. The molecule has 1 aromatic heterocycles. The summed E-state index contributed by atoms with van der Waals surface area (Å²) in [6, 6.07) is 14.0. The van der Waals surface area contributed by atoms with Gasteiger partial charge in [0.15, 0.2) is 5.43 Å². The van der Waals surface area contributed by atoms with Crippen LogP contribution in [-0.4, -0.2) is 80.2 Å². The van der Waals surface area contributed by atoms with Gasteiger partial charge in [0.05, 0.1) is 36.7 Å². The summed E-state index contributed by atoms with van der Waals surface area (Å²) in [4.78, 5) is 23.3. The van der Waals surface area contributed by atoms with Crippen molar-refractivity contribution in [1.82, 2.24) is 4.57 Å². The molecular weight excluding hydrogens is 444 g/mol. The fourth-order valence-corrected chi connectivity index (χ4v) is 3.57. The van der Waals surface area contributed by atoms with E-state index in [1.807, 2.05) is 12.2 Å². The number of benzene rings is 2. The topological polar surface area (TPSA) is 180 Å². The Morgan fingerprint density at radius 1 is 0.941 bits per heavy atom. The standard InChI is InChI=1S/C15H11NO3.C9H21NO5/c17-14(18)9-16-12-7-3-1-5-10(12)15(19)11-6-2-4-8-13(11)16;1-2-3-10-4-6(12)8(14)9(15)7(13)5-11/h1-8H,9H2,(H,17,18);6-15H,2-5H2,1H3/t;6-,7-,8-,9-/m.1/s1. The molecule has 0 saturated heterocycles. The smallest absolute Gasteiger partial charge is 0.197 e. The molecule has 0 aliphatic heterocycles. The van der Waals surface area contributed by atoms with Crippen LogP contribution in [0.15, 0.2) is 53.3 Å². The van der Waals surface area contributed by atoms with Crippen molar-refractivity contribution in [3.05, 3.63) is 58.8 Å². The number of aromatic nitrogens is 1. The number of carbonyl (C=O) groups excluding carboxylic acids is 1. The quantitative estimate of drug-likeness (QED) is 0.135. The van der Waals surface area contributed by atoms with Gasteiger partial charge in [-0.25, -0.2) is 0 Å². The number of hydrogen-bond donors (Lipinski definition) is 6. The number of hydrogen-bond acceptors (Lipinski definition) is 8. The highest BCUT2D eigenvalue weighted by Crippen LogP contribution is 2.18. The molecular formula is C24H32N2O8. The van der Waals surface area contributed by atoms with E-state index in [4.69, 9.17) is 10.2 Å². The molecule has 0 spiro atoms. The number of quaternary nitrogens is 1. The van der Waals surface area contributed by atoms with Crippen molar-refractivity contribution < 1.29 is 40.8 Å². The van der Waals surface area contributed by atoms with E-state index in [1.54, 1.807) is 53.1 Å². The Balaban J connectivity index is 0.000000249. The van der Waals surface area contributed by atoms with Gasteiger partial charge in [-0.2, -0.15) is 0 Å². The zero-order valence-corrected chi connectivity index (χ0v) is 18.9. The van der Waals surface area contributed by atoms with Gasteiger partial charge in [-0.3, -0.25) is 4.79 Å². The maximum atomic E-state index is 12.3. The van der Waals surface area contributed by atoms with Crippen LogP contribution < -0.4 is 15.9 Å². The van der Waals surface area contributed by atoms with E-state index in [9.17, 15) is 30.0 Å². The van der Waals surface area contributed by atoms with Gasteiger partial charge in [-0.15, -0.1) is 0 Å². The molecule has 0 saturated carbocycles. The highest BCUT2D eigenvalue weighted by atomic mass is 16.4. The minimum Gasteiger partial charge on any atom is -0.548 e. The number of carboxylic acids is 1. The summed E-state index contributed by atoms with van der Waals surface area (Å²) in [5.41, 5.74) is 1.13. The number of nitrogens with two attached hydrogens (primary N) is 1. The van der Waals surface area contributed by atoms with Gasteiger partial charge >= 0.3 is 0 Å². The normalized spacial score (nSPS) is 14.8. The number of aliphatic hydroxyl groups is 5. The summed E-state index contributed by atoms with van der Waals surface area (Å²) in [6.45, 7) is 2.14. The van der Waals surface area contributed by atoms with E-state index in [2.05, 4.69) is 0 Å². The van der Waals surface area contributed by atoms with Crippen LogP contribution in [0.5, 0.6) is 0 Å². The van der Waals surface area contributed by atoms with Gasteiger partial charge in [-0.1, -0.05) is 31.2 Å². The first-order chi connectivity index (χ1) is 16.2. The highest BCUT2D eigenvalue weighted by Gasteiger charge is 2.30. The maximum Gasteiger partial charge on any atom is 0.197 e. The predicted octanol–water partition coefficient (Wildman–Crippen LogP) is -2.70. The Morgan fingerprint density at radius 3 is 1.91 bits per heavy atom.